The Morgan fingerprint density at radius 2 is 2.13 bits per heavy atom. The van der Waals surface area contributed by atoms with Crippen molar-refractivity contribution in [3.8, 4) is 11.5 Å². The highest BCUT2D eigenvalue weighted by Crippen LogP contribution is 2.26. The molecule has 0 spiro atoms. The van der Waals surface area contributed by atoms with E-state index in [2.05, 4.69) is 50.6 Å². The minimum Gasteiger partial charge on any atom is -0.419 e. The van der Waals surface area contributed by atoms with Crippen molar-refractivity contribution >= 4 is 0 Å². The molecule has 0 N–H and O–H groups in total. The number of benzene rings is 1. The number of rotatable bonds is 3. The Balaban J connectivity index is 1.55. The molecular formula is C17H19N5O. The summed E-state index contributed by atoms with van der Waals surface area (Å²) in [6, 6.07) is 8.18. The lowest BCUT2D eigenvalue weighted by molar-refractivity contribution is 0.143. The summed E-state index contributed by atoms with van der Waals surface area (Å²) in [6.07, 6.45) is 3.88. The zero-order chi connectivity index (χ0) is 15.8. The summed E-state index contributed by atoms with van der Waals surface area (Å²) in [5, 5.41) is 8.47. The van der Waals surface area contributed by atoms with Gasteiger partial charge in [0.2, 0.25) is 11.8 Å². The van der Waals surface area contributed by atoms with Gasteiger partial charge < -0.3 is 8.98 Å². The van der Waals surface area contributed by atoms with E-state index in [0.29, 0.717) is 11.8 Å². The Kier molecular flexibility index (Phi) is 3.46. The summed E-state index contributed by atoms with van der Waals surface area (Å²) in [7, 11) is 0. The molecule has 6 heteroatoms. The van der Waals surface area contributed by atoms with E-state index in [1.54, 1.807) is 0 Å². The molecule has 3 heterocycles. The predicted octanol–water partition coefficient (Wildman–Crippen LogP) is 2.82. The van der Waals surface area contributed by atoms with Gasteiger partial charge in [0.25, 0.3) is 0 Å². The number of hydrogen-bond acceptors (Lipinski definition) is 5. The van der Waals surface area contributed by atoms with Gasteiger partial charge in [-0.05, 0) is 26.0 Å². The number of aromatic nitrogens is 4. The summed E-state index contributed by atoms with van der Waals surface area (Å²) in [4.78, 5) is 6.72. The molecule has 2 aromatic heterocycles. The number of hydrogen-bond donors (Lipinski definition) is 0. The molecule has 118 valence electrons. The highest BCUT2D eigenvalue weighted by molar-refractivity contribution is 5.53. The summed E-state index contributed by atoms with van der Waals surface area (Å²) < 4.78 is 8.11. The van der Waals surface area contributed by atoms with E-state index in [1.807, 2.05) is 24.5 Å². The molecule has 0 fully saturated rings. The minimum absolute atomic E-state index is 0.0755. The van der Waals surface area contributed by atoms with Crippen molar-refractivity contribution in [1.82, 2.24) is 24.6 Å². The molecule has 23 heavy (non-hydrogen) atoms. The van der Waals surface area contributed by atoms with Crippen LogP contribution in [0.2, 0.25) is 0 Å². The standard InChI is InChI=1S/C17H19N5O/c1-12-4-3-5-14(10-12)17-20-19-16(23-17)13(2)22-9-8-21-7-6-18-15(21)11-22/h3-7,10,13H,8-9,11H2,1-2H3. The lowest BCUT2D eigenvalue weighted by atomic mass is 10.1. The number of nitrogens with zero attached hydrogens (tertiary/aromatic N) is 5. The number of aryl methyl sites for hydroxylation is 1. The summed E-state index contributed by atoms with van der Waals surface area (Å²) >= 11 is 0. The van der Waals surface area contributed by atoms with Crippen molar-refractivity contribution in [1.29, 1.82) is 0 Å². The molecule has 3 aromatic rings. The SMILES string of the molecule is Cc1cccc(-c2nnc(C(C)N3CCn4ccnc4C3)o2)c1. The fraction of sp³-hybridized carbons (Fsp3) is 0.353. The van der Waals surface area contributed by atoms with Crippen molar-refractivity contribution in [2.45, 2.75) is 33.0 Å². The first-order chi connectivity index (χ1) is 11.2. The van der Waals surface area contributed by atoms with Gasteiger partial charge in [0.05, 0.1) is 12.6 Å². The average Bonchev–Trinajstić information content (AvgIpc) is 3.22. The molecule has 0 aliphatic carbocycles. The highest BCUT2D eigenvalue weighted by atomic mass is 16.4. The van der Waals surface area contributed by atoms with Gasteiger partial charge in [0.1, 0.15) is 5.82 Å². The largest absolute Gasteiger partial charge is 0.419 e. The van der Waals surface area contributed by atoms with Crippen LogP contribution in [-0.4, -0.2) is 31.2 Å². The first-order valence-corrected chi connectivity index (χ1v) is 7.85. The molecule has 1 unspecified atom stereocenters. The van der Waals surface area contributed by atoms with Crippen LogP contribution in [-0.2, 0) is 13.1 Å². The molecule has 1 atom stereocenters. The fourth-order valence-corrected chi connectivity index (χ4v) is 2.98. The molecule has 0 radical (unpaired) electrons. The van der Waals surface area contributed by atoms with Crippen molar-refractivity contribution in [2.75, 3.05) is 6.54 Å². The van der Waals surface area contributed by atoms with Gasteiger partial charge >= 0.3 is 0 Å². The zero-order valence-electron chi connectivity index (χ0n) is 13.3. The van der Waals surface area contributed by atoms with Crippen molar-refractivity contribution in [2.24, 2.45) is 0 Å². The van der Waals surface area contributed by atoms with Gasteiger partial charge in [-0.15, -0.1) is 10.2 Å². The summed E-state index contributed by atoms with van der Waals surface area (Å²) in [5.41, 5.74) is 2.14. The predicted molar refractivity (Wildman–Crippen MR) is 85.5 cm³/mol. The Bertz CT molecular complexity index is 822. The Labute approximate surface area is 134 Å². The maximum Gasteiger partial charge on any atom is 0.247 e. The second kappa shape index (κ2) is 5.62. The van der Waals surface area contributed by atoms with Crippen LogP contribution in [0.25, 0.3) is 11.5 Å². The topological polar surface area (TPSA) is 60.0 Å². The normalized spacial score (nSPS) is 16.3. The lowest BCUT2D eigenvalue weighted by Gasteiger charge is -2.30. The van der Waals surface area contributed by atoms with E-state index in [-0.39, 0.29) is 6.04 Å². The molecule has 0 saturated heterocycles. The smallest absolute Gasteiger partial charge is 0.247 e. The Morgan fingerprint density at radius 3 is 3.00 bits per heavy atom. The molecule has 0 amide bonds. The molecule has 1 aliphatic heterocycles. The zero-order valence-corrected chi connectivity index (χ0v) is 13.3. The van der Waals surface area contributed by atoms with Crippen molar-refractivity contribution < 1.29 is 4.42 Å². The van der Waals surface area contributed by atoms with Gasteiger partial charge in [-0.25, -0.2) is 4.98 Å². The molecule has 0 saturated carbocycles. The maximum atomic E-state index is 5.92. The molecule has 0 bridgehead atoms. The molecule has 1 aliphatic rings. The highest BCUT2D eigenvalue weighted by Gasteiger charge is 2.26. The summed E-state index contributed by atoms with van der Waals surface area (Å²) in [5.74, 6) is 2.32. The van der Waals surface area contributed by atoms with E-state index in [1.165, 1.54) is 5.56 Å². The summed E-state index contributed by atoms with van der Waals surface area (Å²) in [6.45, 7) is 6.85. The van der Waals surface area contributed by atoms with Crippen LogP contribution in [0.1, 0.15) is 30.2 Å². The molecule has 4 rings (SSSR count). The third-order valence-electron chi connectivity index (χ3n) is 4.39. The van der Waals surface area contributed by atoms with E-state index in [4.69, 9.17) is 4.42 Å². The van der Waals surface area contributed by atoms with Crippen LogP contribution in [0.5, 0.6) is 0 Å². The third kappa shape index (κ3) is 2.66. The van der Waals surface area contributed by atoms with Crippen LogP contribution in [0.15, 0.2) is 41.1 Å². The Hall–Kier alpha value is -2.47. The van der Waals surface area contributed by atoms with Crippen LogP contribution in [0.3, 0.4) is 0 Å². The van der Waals surface area contributed by atoms with Crippen LogP contribution >= 0.6 is 0 Å². The minimum atomic E-state index is 0.0755. The second-order valence-electron chi connectivity index (χ2n) is 6.00. The van der Waals surface area contributed by atoms with E-state index in [9.17, 15) is 0 Å². The van der Waals surface area contributed by atoms with Crippen LogP contribution in [0.4, 0.5) is 0 Å². The van der Waals surface area contributed by atoms with Gasteiger partial charge in [0, 0.05) is 31.0 Å². The van der Waals surface area contributed by atoms with E-state index >= 15 is 0 Å². The average molecular weight is 309 g/mol. The van der Waals surface area contributed by atoms with Crippen molar-refractivity contribution in [3.63, 3.8) is 0 Å². The first kappa shape index (κ1) is 14.1. The van der Waals surface area contributed by atoms with Crippen LogP contribution < -0.4 is 0 Å². The van der Waals surface area contributed by atoms with Crippen molar-refractivity contribution in [3.05, 3.63) is 53.9 Å². The molecule has 6 nitrogen and oxygen atoms in total. The fourth-order valence-electron chi connectivity index (χ4n) is 2.98. The molecule has 1 aromatic carbocycles. The Morgan fingerprint density at radius 1 is 1.22 bits per heavy atom. The number of fused-ring (bicyclic) bond motifs is 1. The first-order valence-electron chi connectivity index (χ1n) is 7.85. The van der Waals surface area contributed by atoms with Gasteiger partial charge in [-0.3, -0.25) is 4.90 Å². The van der Waals surface area contributed by atoms with Gasteiger partial charge in [-0.1, -0.05) is 17.7 Å². The van der Waals surface area contributed by atoms with Gasteiger partial charge in [0.15, 0.2) is 0 Å². The number of imidazole rings is 1. The van der Waals surface area contributed by atoms with Gasteiger partial charge in [-0.2, -0.15) is 0 Å². The van der Waals surface area contributed by atoms with Crippen LogP contribution in [0, 0.1) is 6.92 Å². The monoisotopic (exact) mass is 309 g/mol. The quantitative estimate of drug-likeness (QED) is 0.744. The maximum absolute atomic E-state index is 5.92. The van der Waals surface area contributed by atoms with E-state index < -0.39 is 0 Å². The second-order valence-corrected chi connectivity index (χ2v) is 6.00. The van der Waals surface area contributed by atoms with E-state index in [0.717, 1.165) is 31.0 Å². The third-order valence-corrected chi connectivity index (χ3v) is 4.39. The molecular weight excluding hydrogens is 290 g/mol. The lowest BCUT2D eigenvalue weighted by Crippen LogP contribution is -2.35.